The van der Waals surface area contributed by atoms with Crippen molar-refractivity contribution in [2.45, 2.75) is 121 Å². The third kappa shape index (κ3) is 7.99. The Morgan fingerprint density at radius 3 is 2.17 bits per heavy atom. The van der Waals surface area contributed by atoms with Gasteiger partial charge in [0.1, 0.15) is 11.3 Å². The van der Waals surface area contributed by atoms with E-state index in [0.717, 1.165) is 70.7 Å². The summed E-state index contributed by atoms with van der Waals surface area (Å²) < 4.78 is 9.09. The van der Waals surface area contributed by atoms with E-state index in [-0.39, 0.29) is 47.9 Å². The molecule has 0 saturated carbocycles. The number of carbonyl (C=O) groups excluding carboxylic acids is 1. The van der Waals surface area contributed by atoms with Crippen LogP contribution in [0.2, 0.25) is 0 Å². The largest absolute Gasteiger partial charge is 0.512 e. The van der Waals surface area contributed by atoms with Gasteiger partial charge in [-0.2, -0.15) is 11.3 Å². The zero-order valence-electron chi connectivity index (χ0n) is 33.1. The van der Waals surface area contributed by atoms with Gasteiger partial charge in [0.2, 0.25) is 0 Å². The first-order valence-electron chi connectivity index (χ1n) is 18.6. The Kier molecular flexibility index (Phi) is 13.1. The summed E-state index contributed by atoms with van der Waals surface area (Å²) in [7, 11) is 0. The van der Waals surface area contributed by atoms with Gasteiger partial charge in [-0.15, -0.1) is 34.9 Å². The molecule has 6 aromatic rings. The minimum atomic E-state index is -0.337. The minimum absolute atomic E-state index is 0. The predicted octanol–water partition coefficient (Wildman–Crippen LogP) is 14.3. The number of pyridine rings is 1. The zero-order valence-corrected chi connectivity index (χ0v) is 37.1. The molecular weight excluding hydrogens is 859 g/mol. The molecule has 4 nitrogen and oxygen atoms in total. The molecule has 0 aliphatic rings. The molecule has 1 N–H and O–H groups in total. The molecule has 1 radical (unpaired) electrons. The van der Waals surface area contributed by atoms with Gasteiger partial charge in [-0.3, -0.25) is 9.78 Å². The molecule has 0 unspecified atom stereocenters. The summed E-state index contributed by atoms with van der Waals surface area (Å²) in [6.07, 6.45) is 7.71. The van der Waals surface area contributed by atoms with Crippen LogP contribution in [0.25, 0.3) is 53.4 Å². The molecular formula is C45H56IrNO3S2-. The van der Waals surface area contributed by atoms with Crippen LogP contribution in [-0.2, 0) is 36.7 Å². The molecule has 2 aromatic carbocycles. The van der Waals surface area contributed by atoms with E-state index in [9.17, 15) is 9.90 Å². The van der Waals surface area contributed by atoms with Crippen LogP contribution >= 0.6 is 22.7 Å². The number of benzene rings is 2. The molecule has 0 atom stereocenters. The minimum Gasteiger partial charge on any atom is -0.512 e. The standard InChI is InChI=1S/C30H28NOS2.C15H28O2.Ir/c1-16(2)13-22-17(3)34-29-20(22)7-8-21-25-24(32-27(21)29)9-11-31-26(25)19-14-18-10-12-33-28(18)23(15-19)30(4,5)6;1-7-14(5,8-2)12(16)11-13(17)15(6,9-3)10-4;/h7-12,15-16H,13H2,1-6H3;11,16H,7-10H2,1-6H3;/q-1;;/b;12-11-;. The number of ketones is 1. The Labute approximate surface area is 332 Å². The summed E-state index contributed by atoms with van der Waals surface area (Å²) in [5.41, 5.74) is 6.09. The number of rotatable bonds is 10. The van der Waals surface area contributed by atoms with Crippen LogP contribution in [0.1, 0.15) is 118 Å². The SMILES string of the molecule is CCC(C)(CC)C(=O)/C=C(\O)C(C)(CC)CC.Cc1sc2c(ccc3c2oc2ccnc(-c4[c-]c5ccsc5c(C(C)(C)C)c4)c23)c1CC(C)C.[Ir]. The van der Waals surface area contributed by atoms with Crippen molar-refractivity contribution >= 4 is 70.6 Å². The summed E-state index contributed by atoms with van der Waals surface area (Å²) in [6.45, 7) is 25.7. The average molecular weight is 915 g/mol. The van der Waals surface area contributed by atoms with E-state index in [1.54, 1.807) is 11.3 Å². The molecule has 0 saturated heterocycles. The molecule has 4 heterocycles. The van der Waals surface area contributed by atoms with Crippen molar-refractivity contribution in [3.8, 4) is 11.3 Å². The number of allylic oxidation sites excluding steroid dienone is 2. The fourth-order valence-electron chi connectivity index (χ4n) is 6.75. The molecule has 4 aromatic heterocycles. The quantitative estimate of drug-likeness (QED) is 0.0845. The molecule has 52 heavy (non-hydrogen) atoms. The Morgan fingerprint density at radius 1 is 0.942 bits per heavy atom. The van der Waals surface area contributed by atoms with Crippen LogP contribution in [0, 0.1) is 29.7 Å². The van der Waals surface area contributed by atoms with Gasteiger partial charge in [0, 0.05) is 64.6 Å². The van der Waals surface area contributed by atoms with Crippen molar-refractivity contribution < 1.29 is 34.4 Å². The van der Waals surface area contributed by atoms with Gasteiger partial charge in [0.15, 0.2) is 11.4 Å². The number of thiophene rings is 2. The number of furan rings is 1. The van der Waals surface area contributed by atoms with Crippen molar-refractivity contribution in [2.75, 3.05) is 0 Å². The van der Waals surface area contributed by atoms with Crippen LogP contribution in [0.4, 0.5) is 0 Å². The number of fused-ring (bicyclic) bond motifs is 6. The summed E-state index contributed by atoms with van der Waals surface area (Å²) in [5.74, 6) is 0.909. The number of hydrogen-bond acceptors (Lipinski definition) is 6. The van der Waals surface area contributed by atoms with Gasteiger partial charge in [-0.1, -0.05) is 99.4 Å². The van der Waals surface area contributed by atoms with Crippen molar-refractivity contribution in [1.29, 1.82) is 0 Å². The van der Waals surface area contributed by atoms with E-state index in [1.807, 2.05) is 65.1 Å². The van der Waals surface area contributed by atoms with Crippen molar-refractivity contribution in [1.82, 2.24) is 4.98 Å². The van der Waals surface area contributed by atoms with Crippen molar-refractivity contribution in [3.63, 3.8) is 0 Å². The number of carbonyl (C=O) groups is 1. The van der Waals surface area contributed by atoms with Crippen LogP contribution in [-0.4, -0.2) is 15.9 Å². The Hall–Kier alpha value is -2.83. The summed E-state index contributed by atoms with van der Waals surface area (Å²) in [6, 6.07) is 14.6. The fourth-order valence-corrected chi connectivity index (χ4v) is 8.99. The number of hydrogen-bond donors (Lipinski definition) is 1. The Bertz CT molecular complexity index is 2220. The average Bonchev–Trinajstić information content (AvgIpc) is 3.82. The van der Waals surface area contributed by atoms with E-state index >= 15 is 0 Å². The van der Waals surface area contributed by atoms with Crippen LogP contribution in [0.5, 0.6) is 0 Å². The number of aromatic nitrogens is 1. The number of aliphatic hydroxyl groups excluding tert-OH is 1. The van der Waals surface area contributed by atoms with Crippen molar-refractivity contribution in [2.24, 2.45) is 16.7 Å². The predicted molar refractivity (Wildman–Crippen MR) is 222 cm³/mol. The van der Waals surface area contributed by atoms with Gasteiger partial charge in [-0.05, 0) is 77.5 Å². The van der Waals surface area contributed by atoms with E-state index in [2.05, 4.69) is 77.3 Å². The number of nitrogens with zero attached hydrogens (tertiary/aromatic N) is 1. The maximum Gasteiger partial charge on any atom is 0.164 e. The first-order chi connectivity index (χ1) is 24.0. The second-order valence-electron chi connectivity index (χ2n) is 16.1. The smallest absolute Gasteiger partial charge is 0.164 e. The third-order valence-electron chi connectivity index (χ3n) is 11.3. The summed E-state index contributed by atoms with van der Waals surface area (Å²) in [5, 5.41) is 17.0. The van der Waals surface area contributed by atoms with Crippen LogP contribution < -0.4 is 0 Å². The van der Waals surface area contributed by atoms with Crippen LogP contribution in [0.15, 0.2) is 58.2 Å². The van der Waals surface area contributed by atoms with Crippen molar-refractivity contribution in [3.05, 3.63) is 75.8 Å². The van der Waals surface area contributed by atoms with E-state index in [4.69, 9.17) is 9.40 Å². The summed E-state index contributed by atoms with van der Waals surface area (Å²) in [4.78, 5) is 18.4. The molecule has 7 heteroatoms. The van der Waals surface area contributed by atoms with E-state index < -0.39 is 0 Å². The topological polar surface area (TPSA) is 63.3 Å². The second-order valence-corrected chi connectivity index (χ2v) is 18.3. The fraction of sp³-hybridized carbons (Fsp3) is 0.467. The van der Waals surface area contributed by atoms with Gasteiger partial charge in [0.25, 0.3) is 0 Å². The van der Waals surface area contributed by atoms with Gasteiger partial charge in [-0.25, -0.2) is 0 Å². The maximum atomic E-state index is 12.2. The van der Waals surface area contributed by atoms with Gasteiger partial charge < -0.3 is 9.52 Å². The molecule has 0 aliphatic carbocycles. The van der Waals surface area contributed by atoms with E-state index in [1.165, 1.54) is 36.9 Å². The number of aliphatic hydroxyl groups is 1. The summed E-state index contributed by atoms with van der Waals surface area (Å²) >= 11 is 3.65. The Balaban J connectivity index is 0.000000289. The molecule has 281 valence electrons. The van der Waals surface area contributed by atoms with Gasteiger partial charge in [0.05, 0.1) is 4.70 Å². The van der Waals surface area contributed by atoms with Crippen LogP contribution in [0.3, 0.4) is 0 Å². The molecule has 0 fully saturated rings. The normalized spacial score (nSPS) is 12.9. The van der Waals surface area contributed by atoms with E-state index in [0.29, 0.717) is 5.92 Å². The number of aryl methyl sites for hydroxylation is 1. The maximum absolute atomic E-state index is 12.2. The van der Waals surface area contributed by atoms with Gasteiger partial charge >= 0.3 is 0 Å². The zero-order chi connectivity index (χ0) is 37.5. The molecule has 0 bridgehead atoms. The molecule has 0 spiro atoms. The first kappa shape index (κ1) is 41.9. The first-order valence-corrected chi connectivity index (χ1v) is 20.3. The third-order valence-corrected chi connectivity index (χ3v) is 13.4. The monoisotopic (exact) mass is 915 g/mol. The second kappa shape index (κ2) is 16.3. The molecule has 0 amide bonds. The Morgan fingerprint density at radius 2 is 1.58 bits per heavy atom. The molecule has 6 rings (SSSR count). The molecule has 0 aliphatic heterocycles.